The van der Waals surface area contributed by atoms with Crippen molar-refractivity contribution >= 4 is 11.6 Å². The highest BCUT2D eigenvalue weighted by atomic mass is 19.4. The molecular weight excluding hydrogens is 273 g/mol. The van der Waals surface area contributed by atoms with Gasteiger partial charge in [-0.2, -0.15) is 13.2 Å². The summed E-state index contributed by atoms with van der Waals surface area (Å²) in [6.07, 6.45) is -4.61. The number of hydrazine groups is 1. The fourth-order valence-electron chi connectivity index (χ4n) is 1.62. The van der Waals surface area contributed by atoms with Gasteiger partial charge in [-0.25, -0.2) is 15.8 Å². The maximum atomic E-state index is 12.6. The van der Waals surface area contributed by atoms with Crippen molar-refractivity contribution in [3.63, 3.8) is 0 Å². The van der Waals surface area contributed by atoms with Crippen LogP contribution >= 0.6 is 0 Å². The molecule has 20 heavy (non-hydrogen) atoms. The van der Waals surface area contributed by atoms with Gasteiger partial charge in [-0.05, 0) is 13.1 Å². The van der Waals surface area contributed by atoms with Crippen LogP contribution in [0.15, 0.2) is 6.07 Å². The molecule has 0 radical (unpaired) electrons. The third-order valence-electron chi connectivity index (χ3n) is 2.76. The van der Waals surface area contributed by atoms with Crippen molar-refractivity contribution in [2.45, 2.75) is 20.0 Å². The Bertz CT molecular complexity index is 419. The summed E-state index contributed by atoms with van der Waals surface area (Å²) < 4.78 is 37.8. The Labute approximate surface area is 115 Å². The van der Waals surface area contributed by atoms with Gasteiger partial charge in [0.25, 0.3) is 0 Å². The smallest absolute Gasteiger partial charge is 0.369 e. The van der Waals surface area contributed by atoms with Crippen LogP contribution in [0.5, 0.6) is 0 Å². The summed E-state index contributed by atoms with van der Waals surface area (Å²) in [5, 5.41) is 2.84. The SMILES string of the molecule is CCN(CC)CCNc1cc(NN)nc(C(F)(F)F)n1. The standard InChI is InChI=1S/C11H19F3N6/c1-3-20(4-2)6-5-16-8-7-9(19-15)18-10(17-8)11(12,13)14/h7H,3-6,15H2,1-2H3,(H2,16,17,18,19). The lowest BCUT2D eigenvalue weighted by Gasteiger charge is -2.18. The van der Waals surface area contributed by atoms with E-state index in [0.29, 0.717) is 13.1 Å². The predicted octanol–water partition coefficient (Wildman–Crippen LogP) is 1.53. The molecule has 0 aliphatic rings. The van der Waals surface area contributed by atoms with E-state index in [2.05, 4.69) is 25.6 Å². The summed E-state index contributed by atoms with van der Waals surface area (Å²) in [5.41, 5.74) is 2.10. The molecule has 0 aromatic carbocycles. The number of alkyl halides is 3. The molecule has 0 atom stereocenters. The summed E-state index contributed by atoms with van der Waals surface area (Å²) in [7, 11) is 0. The summed E-state index contributed by atoms with van der Waals surface area (Å²) >= 11 is 0. The van der Waals surface area contributed by atoms with E-state index in [1.165, 1.54) is 6.07 Å². The first-order valence-corrected chi connectivity index (χ1v) is 6.29. The molecule has 0 aliphatic carbocycles. The Morgan fingerprint density at radius 1 is 1.20 bits per heavy atom. The number of nitrogens with zero attached hydrogens (tertiary/aromatic N) is 3. The number of nitrogens with one attached hydrogen (secondary N) is 2. The van der Waals surface area contributed by atoms with E-state index < -0.39 is 12.0 Å². The quantitative estimate of drug-likeness (QED) is 0.522. The molecule has 0 fully saturated rings. The Hall–Kier alpha value is -1.61. The van der Waals surface area contributed by atoms with Crippen molar-refractivity contribution in [2.24, 2.45) is 5.84 Å². The molecule has 6 nitrogen and oxygen atoms in total. The zero-order valence-electron chi connectivity index (χ0n) is 11.5. The van der Waals surface area contributed by atoms with Crippen LogP contribution in [0.3, 0.4) is 0 Å². The third kappa shape index (κ3) is 4.82. The lowest BCUT2D eigenvalue weighted by molar-refractivity contribution is -0.144. The molecule has 0 saturated carbocycles. The number of aromatic nitrogens is 2. The van der Waals surface area contributed by atoms with E-state index in [0.717, 1.165) is 13.1 Å². The lowest BCUT2D eigenvalue weighted by atomic mass is 10.4. The maximum absolute atomic E-state index is 12.6. The van der Waals surface area contributed by atoms with Crippen LogP contribution in [0, 0.1) is 0 Å². The van der Waals surface area contributed by atoms with E-state index in [1.807, 2.05) is 13.8 Å². The molecule has 0 aliphatic heterocycles. The van der Waals surface area contributed by atoms with Crippen LogP contribution < -0.4 is 16.6 Å². The van der Waals surface area contributed by atoms with Crippen LogP contribution in [0.2, 0.25) is 0 Å². The largest absolute Gasteiger partial charge is 0.451 e. The fourth-order valence-corrected chi connectivity index (χ4v) is 1.62. The molecule has 9 heteroatoms. The second kappa shape index (κ2) is 7.25. The number of anilines is 2. The average molecular weight is 292 g/mol. The Balaban J connectivity index is 2.74. The van der Waals surface area contributed by atoms with Gasteiger partial charge in [0.05, 0.1) is 0 Å². The van der Waals surface area contributed by atoms with Gasteiger partial charge in [-0.15, -0.1) is 0 Å². The molecule has 0 amide bonds. The van der Waals surface area contributed by atoms with Gasteiger partial charge in [0.2, 0.25) is 5.82 Å². The van der Waals surface area contributed by atoms with Gasteiger partial charge < -0.3 is 15.6 Å². The van der Waals surface area contributed by atoms with E-state index >= 15 is 0 Å². The number of halogens is 3. The van der Waals surface area contributed by atoms with Crippen molar-refractivity contribution in [3.8, 4) is 0 Å². The summed E-state index contributed by atoms with van der Waals surface area (Å²) in [6.45, 7) is 7.00. The second-order valence-corrected chi connectivity index (χ2v) is 4.06. The van der Waals surface area contributed by atoms with E-state index in [4.69, 9.17) is 5.84 Å². The summed E-state index contributed by atoms with van der Waals surface area (Å²) in [4.78, 5) is 8.86. The minimum atomic E-state index is -4.61. The van der Waals surface area contributed by atoms with Gasteiger partial charge in [0.1, 0.15) is 11.6 Å². The van der Waals surface area contributed by atoms with E-state index in [9.17, 15) is 13.2 Å². The molecule has 1 aromatic heterocycles. The van der Waals surface area contributed by atoms with Crippen molar-refractivity contribution in [1.29, 1.82) is 0 Å². The van der Waals surface area contributed by atoms with Crippen molar-refractivity contribution < 1.29 is 13.2 Å². The molecular formula is C11H19F3N6. The number of likely N-dealkylation sites (N-methyl/N-ethyl adjacent to an activating group) is 1. The van der Waals surface area contributed by atoms with Crippen LogP contribution in [-0.2, 0) is 6.18 Å². The minimum Gasteiger partial charge on any atom is -0.369 e. The molecule has 114 valence electrons. The van der Waals surface area contributed by atoms with E-state index in [1.54, 1.807) is 0 Å². The van der Waals surface area contributed by atoms with E-state index in [-0.39, 0.29) is 11.6 Å². The third-order valence-corrected chi connectivity index (χ3v) is 2.76. The molecule has 0 unspecified atom stereocenters. The zero-order valence-corrected chi connectivity index (χ0v) is 11.5. The number of nitrogen functional groups attached to an aromatic ring is 1. The van der Waals surface area contributed by atoms with Gasteiger partial charge in [-0.1, -0.05) is 13.8 Å². The van der Waals surface area contributed by atoms with Crippen LogP contribution in [-0.4, -0.2) is 41.0 Å². The molecule has 0 spiro atoms. The normalized spacial score (nSPS) is 11.8. The Kier molecular flexibility index (Phi) is 5.96. The highest BCUT2D eigenvalue weighted by Gasteiger charge is 2.35. The maximum Gasteiger partial charge on any atom is 0.451 e. The van der Waals surface area contributed by atoms with Gasteiger partial charge in [0, 0.05) is 19.2 Å². The Morgan fingerprint density at radius 3 is 2.30 bits per heavy atom. The number of rotatable bonds is 7. The first kappa shape index (κ1) is 16.4. The fraction of sp³-hybridized carbons (Fsp3) is 0.636. The van der Waals surface area contributed by atoms with Crippen LogP contribution in [0.4, 0.5) is 24.8 Å². The second-order valence-electron chi connectivity index (χ2n) is 4.06. The Morgan fingerprint density at radius 2 is 1.80 bits per heavy atom. The predicted molar refractivity (Wildman–Crippen MR) is 71.1 cm³/mol. The summed E-state index contributed by atoms with van der Waals surface area (Å²) in [5.74, 6) is 3.89. The van der Waals surface area contributed by atoms with Gasteiger partial charge in [0.15, 0.2) is 0 Å². The molecule has 4 N–H and O–H groups in total. The van der Waals surface area contributed by atoms with Crippen molar-refractivity contribution in [2.75, 3.05) is 36.9 Å². The molecule has 0 saturated heterocycles. The first-order valence-electron chi connectivity index (χ1n) is 6.29. The van der Waals surface area contributed by atoms with Crippen molar-refractivity contribution in [1.82, 2.24) is 14.9 Å². The summed E-state index contributed by atoms with van der Waals surface area (Å²) in [6, 6.07) is 1.33. The first-order chi connectivity index (χ1) is 9.40. The number of hydrogen-bond acceptors (Lipinski definition) is 6. The number of nitrogens with two attached hydrogens (primary N) is 1. The molecule has 1 heterocycles. The zero-order chi connectivity index (χ0) is 15.2. The van der Waals surface area contributed by atoms with Crippen LogP contribution in [0.1, 0.15) is 19.7 Å². The topological polar surface area (TPSA) is 79.1 Å². The highest BCUT2D eigenvalue weighted by Crippen LogP contribution is 2.28. The van der Waals surface area contributed by atoms with Crippen molar-refractivity contribution in [3.05, 3.63) is 11.9 Å². The van der Waals surface area contributed by atoms with Gasteiger partial charge >= 0.3 is 6.18 Å². The number of hydrogen-bond donors (Lipinski definition) is 3. The molecule has 1 aromatic rings. The molecule has 0 bridgehead atoms. The minimum absolute atomic E-state index is 0.0855. The lowest BCUT2D eigenvalue weighted by Crippen LogP contribution is -2.29. The molecule has 1 rings (SSSR count). The van der Waals surface area contributed by atoms with Gasteiger partial charge in [-0.3, -0.25) is 0 Å². The monoisotopic (exact) mass is 292 g/mol. The average Bonchev–Trinajstić information content (AvgIpc) is 2.42. The van der Waals surface area contributed by atoms with Crippen LogP contribution in [0.25, 0.3) is 0 Å². The highest BCUT2D eigenvalue weighted by molar-refractivity contribution is 5.47.